The van der Waals surface area contributed by atoms with Gasteiger partial charge in [0.05, 0.1) is 0 Å². The molecule has 0 bridgehead atoms. The average Bonchev–Trinajstić information content (AvgIpc) is 2.69. The Bertz CT molecular complexity index is 131. The molecule has 0 spiro atoms. The first-order valence-corrected chi connectivity index (χ1v) is 5.74. The molecule has 4 nitrogen and oxygen atoms in total. The molecule has 1 unspecified atom stereocenters. The number of hydrogen-bond donors (Lipinski definition) is 3. The largest absolute Gasteiger partial charge is 0.481 e. The molecule has 4 heteroatoms. The van der Waals surface area contributed by atoms with E-state index in [1.807, 2.05) is 20.9 Å². The molecule has 0 aromatic carbocycles. The predicted octanol–water partition coefficient (Wildman–Crippen LogP) is 2.10. The summed E-state index contributed by atoms with van der Waals surface area (Å²) in [5.74, 6) is -0.833. The average molecular weight is 234 g/mol. The fraction of sp³-hybridized carbons (Fsp3) is 0.917. The van der Waals surface area contributed by atoms with Gasteiger partial charge in [0.2, 0.25) is 0 Å². The third-order valence-corrected chi connectivity index (χ3v) is 1.91. The van der Waals surface area contributed by atoms with Gasteiger partial charge in [-0.25, -0.2) is 0 Å². The Morgan fingerprint density at radius 3 is 2.31 bits per heavy atom. The lowest BCUT2D eigenvalue weighted by molar-refractivity contribution is -0.134. The molecule has 0 amide bonds. The third kappa shape index (κ3) is 19.0. The summed E-state index contributed by atoms with van der Waals surface area (Å²) < 4.78 is 0. The first-order chi connectivity index (χ1) is 7.16. The van der Waals surface area contributed by atoms with Crippen molar-refractivity contribution in [2.45, 2.75) is 53.5 Å². The van der Waals surface area contributed by atoms with E-state index < -0.39 is 5.97 Å². The van der Waals surface area contributed by atoms with Crippen LogP contribution in [-0.2, 0) is 4.79 Å². The predicted molar refractivity (Wildman–Crippen MR) is 71.0 cm³/mol. The molecule has 1 rings (SSSR count). The minimum absolute atomic E-state index is 0. The van der Waals surface area contributed by atoms with Crippen molar-refractivity contribution in [1.82, 2.24) is 10.6 Å². The summed E-state index contributed by atoms with van der Waals surface area (Å²) in [6.07, 6.45) is 4.03. The maximum atomic E-state index is 9.00. The van der Waals surface area contributed by atoms with Gasteiger partial charge in [-0.2, -0.15) is 0 Å². The van der Waals surface area contributed by atoms with Crippen molar-refractivity contribution in [3.05, 3.63) is 0 Å². The molecule has 1 saturated heterocycles. The number of hydrogen-bond acceptors (Lipinski definition) is 3. The summed E-state index contributed by atoms with van der Waals surface area (Å²) in [4.78, 5) is 9.00. The van der Waals surface area contributed by atoms with E-state index in [1.165, 1.54) is 25.8 Å². The molecule has 1 heterocycles. The quantitative estimate of drug-likeness (QED) is 0.700. The van der Waals surface area contributed by atoms with E-state index in [-0.39, 0.29) is 7.43 Å². The molecule has 16 heavy (non-hydrogen) atoms. The van der Waals surface area contributed by atoms with Crippen LogP contribution in [0, 0.1) is 0 Å². The molecule has 1 atom stereocenters. The van der Waals surface area contributed by atoms with Crippen molar-refractivity contribution in [1.29, 1.82) is 0 Å². The van der Waals surface area contributed by atoms with Gasteiger partial charge in [-0.15, -0.1) is 0 Å². The standard InChI is InChI=1S/C7H16N2.C2H4O2.C2H6.CH4/c1-8-6-4-7-3-2-5-9-7;1-2(3)4;1-2;/h7-9H,2-6H2,1H3;1H3,(H,3,4);1-2H3;1H4. The van der Waals surface area contributed by atoms with Crippen LogP contribution in [0.2, 0.25) is 0 Å². The van der Waals surface area contributed by atoms with Crippen LogP contribution in [-0.4, -0.2) is 37.3 Å². The van der Waals surface area contributed by atoms with Crippen LogP contribution in [0.5, 0.6) is 0 Å². The summed E-state index contributed by atoms with van der Waals surface area (Å²) in [6, 6.07) is 0.803. The number of rotatable bonds is 3. The van der Waals surface area contributed by atoms with Crippen LogP contribution in [0.4, 0.5) is 0 Å². The summed E-state index contributed by atoms with van der Waals surface area (Å²) in [6.45, 7) is 7.46. The first-order valence-electron chi connectivity index (χ1n) is 5.74. The summed E-state index contributed by atoms with van der Waals surface area (Å²) in [5, 5.41) is 14.0. The van der Waals surface area contributed by atoms with Crippen LogP contribution in [0.25, 0.3) is 0 Å². The monoisotopic (exact) mass is 234 g/mol. The zero-order valence-corrected chi connectivity index (χ0v) is 10.5. The second-order valence-electron chi connectivity index (χ2n) is 3.20. The fourth-order valence-electron chi connectivity index (χ4n) is 1.32. The van der Waals surface area contributed by atoms with Crippen LogP contribution >= 0.6 is 0 Å². The first kappa shape index (κ1) is 20.8. The second-order valence-corrected chi connectivity index (χ2v) is 3.20. The van der Waals surface area contributed by atoms with Crippen molar-refractivity contribution in [3.63, 3.8) is 0 Å². The lowest BCUT2D eigenvalue weighted by Gasteiger charge is -2.07. The maximum absolute atomic E-state index is 9.00. The van der Waals surface area contributed by atoms with E-state index in [0.29, 0.717) is 0 Å². The molecule has 0 saturated carbocycles. The van der Waals surface area contributed by atoms with E-state index in [9.17, 15) is 0 Å². The van der Waals surface area contributed by atoms with Crippen molar-refractivity contribution >= 4 is 5.97 Å². The van der Waals surface area contributed by atoms with Gasteiger partial charge in [-0.3, -0.25) is 4.79 Å². The van der Waals surface area contributed by atoms with Crippen LogP contribution in [0.15, 0.2) is 0 Å². The highest BCUT2D eigenvalue weighted by Crippen LogP contribution is 2.06. The molecule has 0 aromatic rings. The van der Waals surface area contributed by atoms with Crippen LogP contribution in [0.1, 0.15) is 47.5 Å². The van der Waals surface area contributed by atoms with Gasteiger partial charge in [-0.1, -0.05) is 21.3 Å². The molecule has 1 aliphatic heterocycles. The van der Waals surface area contributed by atoms with Crippen molar-refractivity contribution in [3.8, 4) is 0 Å². The number of nitrogens with one attached hydrogen (secondary N) is 2. The van der Waals surface area contributed by atoms with Crippen molar-refractivity contribution < 1.29 is 9.90 Å². The van der Waals surface area contributed by atoms with E-state index in [4.69, 9.17) is 9.90 Å². The summed E-state index contributed by atoms with van der Waals surface area (Å²) >= 11 is 0. The Balaban J connectivity index is -0.000000209. The molecule has 0 radical (unpaired) electrons. The van der Waals surface area contributed by atoms with Crippen molar-refractivity contribution in [2.24, 2.45) is 0 Å². The number of carbonyl (C=O) groups is 1. The van der Waals surface area contributed by atoms with E-state index in [1.54, 1.807) is 0 Å². The zero-order valence-electron chi connectivity index (χ0n) is 10.5. The maximum Gasteiger partial charge on any atom is 0.300 e. The minimum Gasteiger partial charge on any atom is -0.481 e. The lowest BCUT2D eigenvalue weighted by atomic mass is 10.2. The van der Waals surface area contributed by atoms with E-state index >= 15 is 0 Å². The lowest BCUT2D eigenvalue weighted by Crippen LogP contribution is -2.25. The SMILES string of the molecule is C.CC.CC(=O)O.CNCCC1CCCN1. The molecular weight excluding hydrogens is 204 g/mol. The van der Waals surface area contributed by atoms with E-state index in [2.05, 4.69) is 10.6 Å². The number of carboxylic acids is 1. The normalized spacial score (nSPS) is 17.1. The fourth-order valence-corrected chi connectivity index (χ4v) is 1.32. The van der Waals surface area contributed by atoms with Gasteiger partial charge < -0.3 is 15.7 Å². The highest BCUT2D eigenvalue weighted by molar-refractivity contribution is 5.62. The molecule has 0 aliphatic carbocycles. The highest BCUT2D eigenvalue weighted by Gasteiger charge is 2.11. The molecule has 3 N–H and O–H groups in total. The van der Waals surface area contributed by atoms with Gasteiger partial charge in [0.15, 0.2) is 0 Å². The zero-order chi connectivity index (χ0) is 12.1. The Labute approximate surface area is 101 Å². The van der Waals surface area contributed by atoms with Crippen molar-refractivity contribution in [2.75, 3.05) is 20.1 Å². The minimum atomic E-state index is -0.833. The second kappa shape index (κ2) is 16.8. The molecule has 100 valence electrons. The Hall–Kier alpha value is -0.610. The van der Waals surface area contributed by atoms with Gasteiger partial charge in [-0.05, 0) is 39.4 Å². The Morgan fingerprint density at radius 2 is 2.00 bits per heavy atom. The van der Waals surface area contributed by atoms with Gasteiger partial charge in [0, 0.05) is 13.0 Å². The van der Waals surface area contributed by atoms with Gasteiger partial charge in [0.25, 0.3) is 5.97 Å². The van der Waals surface area contributed by atoms with E-state index in [0.717, 1.165) is 19.5 Å². The Kier molecular flexibility index (Phi) is 21.8. The topological polar surface area (TPSA) is 61.4 Å². The molecule has 0 aromatic heterocycles. The molecular formula is C12H30N2O2. The van der Waals surface area contributed by atoms with Crippen LogP contribution in [0.3, 0.4) is 0 Å². The summed E-state index contributed by atoms with van der Waals surface area (Å²) in [7, 11) is 2.01. The summed E-state index contributed by atoms with van der Waals surface area (Å²) in [5.41, 5.74) is 0. The highest BCUT2D eigenvalue weighted by atomic mass is 16.4. The Morgan fingerprint density at radius 1 is 1.50 bits per heavy atom. The smallest absolute Gasteiger partial charge is 0.300 e. The molecule has 1 aliphatic rings. The van der Waals surface area contributed by atoms with Gasteiger partial charge >= 0.3 is 0 Å². The van der Waals surface area contributed by atoms with Crippen LogP contribution < -0.4 is 10.6 Å². The number of carboxylic acid groups (broad SMARTS) is 1. The molecule has 1 fully saturated rings. The van der Waals surface area contributed by atoms with Gasteiger partial charge in [0.1, 0.15) is 0 Å². The third-order valence-electron chi connectivity index (χ3n) is 1.91. The number of aliphatic carboxylic acids is 1.